The predicted molar refractivity (Wildman–Crippen MR) is 87.8 cm³/mol. The van der Waals surface area contributed by atoms with Gasteiger partial charge in [-0.15, -0.1) is 0 Å². The molecular weight excluding hydrogens is 336 g/mol. The van der Waals surface area contributed by atoms with Crippen LogP contribution in [0.4, 0.5) is 8.78 Å². The van der Waals surface area contributed by atoms with Crippen molar-refractivity contribution in [3.8, 4) is 0 Å². The normalized spacial score (nSPS) is 24.5. The van der Waals surface area contributed by atoms with Crippen molar-refractivity contribution in [1.29, 1.82) is 0 Å². The van der Waals surface area contributed by atoms with Gasteiger partial charge >= 0.3 is 0 Å². The molecule has 128 valence electrons. The Kier molecular flexibility index (Phi) is 5.15. The van der Waals surface area contributed by atoms with E-state index in [0.29, 0.717) is 18.7 Å². The number of nitrogens with zero attached hydrogens (tertiary/aromatic N) is 1. The number of aliphatic hydroxyl groups excluding tert-OH is 2. The van der Waals surface area contributed by atoms with Crippen LogP contribution in [0, 0.1) is 11.6 Å². The topological polar surface area (TPSA) is 43.7 Å². The van der Waals surface area contributed by atoms with Crippen LogP contribution in [0.15, 0.2) is 42.5 Å². The van der Waals surface area contributed by atoms with Crippen LogP contribution in [0.5, 0.6) is 0 Å². The zero-order valence-corrected chi connectivity index (χ0v) is 13.6. The average molecular weight is 354 g/mol. The monoisotopic (exact) mass is 353 g/mol. The SMILES string of the molecule is OC[C@@H]1[C@H](O)[C@@H](c2ccc(F)cc2)CN1Cc1ccc(Cl)c(F)c1. The highest BCUT2D eigenvalue weighted by Crippen LogP contribution is 2.33. The molecule has 0 unspecified atom stereocenters. The molecule has 2 aromatic carbocycles. The molecule has 0 saturated carbocycles. The minimum absolute atomic E-state index is 0.0584. The Hall–Kier alpha value is -1.53. The second kappa shape index (κ2) is 7.15. The third-order valence-electron chi connectivity index (χ3n) is 4.56. The van der Waals surface area contributed by atoms with Crippen LogP contribution in [-0.2, 0) is 6.54 Å². The molecule has 1 fully saturated rings. The maximum atomic E-state index is 13.6. The number of likely N-dealkylation sites (tertiary alicyclic amines) is 1. The van der Waals surface area contributed by atoms with Crippen LogP contribution in [0.25, 0.3) is 0 Å². The molecule has 1 heterocycles. The minimum Gasteiger partial charge on any atom is -0.395 e. The summed E-state index contributed by atoms with van der Waals surface area (Å²) in [4.78, 5) is 1.90. The fraction of sp³-hybridized carbons (Fsp3) is 0.333. The van der Waals surface area contributed by atoms with Gasteiger partial charge in [-0.1, -0.05) is 29.8 Å². The van der Waals surface area contributed by atoms with Crippen molar-refractivity contribution in [2.24, 2.45) is 0 Å². The molecule has 3 nitrogen and oxygen atoms in total. The molecular formula is C18H18ClF2NO2. The Morgan fingerprint density at radius 1 is 1.12 bits per heavy atom. The zero-order valence-electron chi connectivity index (χ0n) is 12.9. The summed E-state index contributed by atoms with van der Waals surface area (Å²) in [6, 6.07) is 10.1. The van der Waals surface area contributed by atoms with Crippen LogP contribution in [-0.4, -0.2) is 40.4 Å². The van der Waals surface area contributed by atoms with E-state index in [1.807, 2.05) is 4.90 Å². The van der Waals surface area contributed by atoms with E-state index in [-0.39, 0.29) is 23.4 Å². The first-order chi connectivity index (χ1) is 11.5. The maximum absolute atomic E-state index is 13.6. The lowest BCUT2D eigenvalue weighted by Crippen LogP contribution is -2.38. The summed E-state index contributed by atoms with van der Waals surface area (Å²) < 4.78 is 26.7. The molecule has 0 aliphatic carbocycles. The van der Waals surface area contributed by atoms with Crippen molar-refractivity contribution in [2.45, 2.75) is 24.6 Å². The van der Waals surface area contributed by atoms with Crippen molar-refractivity contribution >= 4 is 11.6 Å². The lowest BCUT2D eigenvalue weighted by atomic mass is 9.94. The van der Waals surface area contributed by atoms with Gasteiger partial charge in [-0.25, -0.2) is 8.78 Å². The highest BCUT2D eigenvalue weighted by molar-refractivity contribution is 6.30. The third kappa shape index (κ3) is 3.44. The van der Waals surface area contributed by atoms with E-state index in [4.69, 9.17) is 11.6 Å². The number of hydrogen-bond acceptors (Lipinski definition) is 3. The maximum Gasteiger partial charge on any atom is 0.142 e. The van der Waals surface area contributed by atoms with Crippen molar-refractivity contribution < 1.29 is 19.0 Å². The van der Waals surface area contributed by atoms with Gasteiger partial charge in [0, 0.05) is 19.0 Å². The Balaban J connectivity index is 1.80. The van der Waals surface area contributed by atoms with Gasteiger partial charge in [0.05, 0.1) is 23.8 Å². The molecule has 0 aromatic heterocycles. The van der Waals surface area contributed by atoms with Gasteiger partial charge in [0.15, 0.2) is 0 Å². The van der Waals surface area contributed by atoms with Gasteiger partial charge < -0.3 is 10.2 Å². The van der Waals surface area contributed by atoms with Crippen LogP contribution in [0.2, 0.25) is 5.02 Å². The Morgan fingerprint density at radius 2 is 1.83 bits per heavy atom. The highest BCUT2D eigenvalue weighted by Gasteiger charge is 2.40. The molecule has 3 atom stereocenters. The second-order valence-corrected chi connectivity index (χ2v) is 6.48. The first-order valence-corrected chi connectivity index (χ1v) is 8.09. The van der Waals surface area contributed by atoms with Crippen LogP contribution < -0.4 is 0 Å². The molecule has 0 amide bonds. The Bertz CT molecular complexity index is 711. The van der Waals surface area contributed by atoms with E-state index in [0.717, 1.165) is 5.56 Å². The molecule has 1 aliphatic heterocycles. The van der Waals surface area contributed by atoms with E-state index in [9.17, 15) is 19.0 Å². The van der Waals surface area contributed by atoms with Crippen molar-refractivity contribution in [1.82, 2.24) is 4.90 Å². The van der Waals surface area contributed by atoms with Gasteiger partial charge in [0.2, 0.25) is 0 Å². The highest BCUT2D eigenvalue weighted by atomic mass is 35.5. The summed E-state index contributed by atoms with van der Waals surface area (Å²) in [5, 5.41) is 20.2. The van der Waals surface area contributed by atoms with Crippen molar-refractivity contribution in [3.05, 3.63) is 70.2 Å². The fourth-order valence-corrected chi connectivity index (χ4v) is 3.39. The number of rotatable bonds is 4. The van der Waals surface area contributed by atoms with E-state index in [1.54, 1.807) is 18.2 Å². The van der Waals surface area contributed by atoms with Gasteiger partial charge in [-0.2, -0.15) is 0 Å². The largest absolute Gasteiger partial charge is 0.395 e. The van der Waals surface area contributed by atoms with Gasteiger partial charge in [0.25, 0.3) is 0 Å². The lowest BCUT2D eigenvalue weighted by Gasteiger charge is -2.24. The molecule has 6 heteroatoms. The molecule has 2 aromatic rings. The Morgan fingerprint density at radius 3 is 2.46 bits per heavy atom. The van der Waals surface area contributed by atoms with Crippen LogP contribution in [0.1, 0.15) is 17.0 Å². The molecule has 1 saturated heterocycles. The van der Waals surface area contributed by atoms with E-state index in [2.05, 4.69) is 0 Å². The molecule has 2 N–H and O–H groups in total. The number of aliphatic hydroxyl groups is 2. The van der Waals surface area contributed by atoms with Crippen molar-refractivity contribution in [3.63, 3.8) is 0 Å². The third-order valence-corrected chi connectivity index (χ3v) is 4.87. The van der Waals surface area contributed by atoms with E-state index >= 15 is 0 Å². The number of halogens is 3. The Labute approximate surface area is 144 Å². The number of hydrogen-bond donors (Lipinski definition) is 2. The predicted octanol–water partition coefficient (Wildman–Crippen LogP) is 2.94. The van der Waals surface area contributed by atoms with Crippen molar-refractivity contribution in [2.75, 3.05) is 13.2 Å². The number of benzene rings is 2. The second-order valence-electron chi connectivity index (χ2n) is 6.08. The summed E-state index contributed by atoms with van der Waals surface area (Å²) in [6.07, 6.45) is -0.780. The quantitative estimate of drug-likeness (QED) is 0.888. The minimum atomic E-state index is -0.780. The summed E-state index contributed by atoms with van der Waals surface area (Å²) in [5.74, 6) is -1.07. The van der Waals surface area contributed by atoms with E-state index < -0.39 is 18.0 Å². The molecule has 0 spiro atoms. The lowest BCUT2D eigenvalue weighted by molar-refractivity contribution is 0.0641. The molecule has 1 aliphatic rings. The first kappa shape index (κ1) is 17.3. The molecule has 0 radical (unpaired) electrons. The zero-order chi connectivity index (χ0) is 17.3. The molecule has 24 heavy (non-hydrogen) atoms. The van der Waals surface area contributed by atoms with Crippen LogP contribution >= 0.6 is 11.6 Å². The standard InChI is InChI=1S/C18H18ClF2NO2/c19-15-6-1-11(7-16(15)21)8-22-9-14(18(24)17(22)10-23)12-2-4-13(20)5-3-12/h1-7,14,17-18,23-24H,8-10H2/t14-,17-,18-/m1/s1. The van der Waals surface area contributed by atoms with E-state index in [1.165, 1.54) is 24.3 Å². The summed E-state index contributed by atoms with van der Waals surface area (Å²) in [7, 11) is 0. The van der Waals surface area contributed by atoms with Gasteiger partial charge in [-0.3, -0.25) is 4.90 Å². The summed E-state index contributed by atoms with van der Waals surface area (Å²) in [6.45, 7) is 0.658. The smallest absolute Gasteiger partial charge is 0.142 e. The molecule has 0 bridgehead atoms. The van der Waals surface area contributed by atoms with Gasteiger partial charge in [0.1, 0.15) is 11.6 Å². The summed E-state index contributed by atoms with van der Waals surface area (Å²) in [5.41, 5.74) is 1.52. The fourth-order valence-electron chi connectivity index (χ4n) is 3.27. The average Bonchev–Trinajstić information content (AvgIpc) is 2.87. The molecule has 3 rings (SSSR count). The van der Waals surface area contributed by atoms with Crippen LogP contribution in [0.3, 0.4) is 0 Å². The first-order valence-electron chi connectivity index (χ1n) is 7.72. The summed E-state index contributed by atoms with van der Waals surface area (Å²) >= 11 is 5.69. The van der Waals surface area contributed by atoms with Gasteiger partial charge in [-0.05, 0) is 35.4 Å².